The Hall–Kier alpha value is 2.15. The number of aliphatic hydroxyl groups is 2. The smallest absolute Gasteiger partial charge is 0.550 e. The topological polar surface area (TPSA) is 305 Å². The van der Waals surface area contributed by atoms with E-state index >= 15 is 0 Å². The monoisotopic (exact) mass is 589 g/mol. The van der Waals surface area contributed by atoms with E-state index in [9.17, 15) is 0 Å². The van der Waals surface area contributed by atoms with Crippen LogP contribution in [0.25, 0.3) is 0 Å². The summed E-state index contributed by atoms with van der Waals surface area (Å²) in [6.07, 6.45) is -0.560. The molecule has 0 spiro atoms. The Kier molecular flexibility index (Phi) is 161. The fraction of sp³-hybridized carbons (Fsp3) is 0.706. The number of aliphatic hydroxyl groups excluding tert-OH is 2. The van der Waals surface area contributed by atoms with Gasteiger partial charge in [0.15, 0.2) is 0 Å². The van der Waals surface area contributed by atoms with Crippen molar-refractivity contribution < 1.29 is 208 Å². The van der Waals surface area contributed by atoms with Gasteiger partial charge in [-0.3, -0.25) is 0 Å². The number of nitrogens with one attached hydrogen (secondary N) is 1. The van der Waals surface area contributed by atoms with Gasteiger partial charge < -0.3 is 76.5 Å². The Morgan fingerprint density at radius 2 is 0.730 bits per heavy atom. The standard InChI is InChI=1S/C4H13N3.C3H8O2.5C2H4O2.5Na/c5-1-3-7-4-2-6;1-3(5)2-4;5*1-2(3)4;;;;;/h7H,1-6H2;3-5H,2H2,1H3;5*1H3,(H,3,4);;;;;/q;;;;;;;5*+1/p-5. The molecule has 20 heteroatoms. The summed E-state index contributed by atoms with van der Waals surface area (Å²) in [4.78, 5) is 44.4. The fourth-order valence-corrected chi connectivity index (χ4v) is 0.329. The van der Waals surface area contributed by atoms with Crippen LogP contribution >= 0.6 is 0 Å². The zero-order valence-electron chi connectivity index (χ0n) is 24.2. The summed E-state index contributed by atoms with van der Waals surface area (Å²) >= 11 is 0. The van der Waals surface area contributed by atoms with Crippen molar-refractivity contribution in [3.8, 4) is 0 Å². The SMILES string of the molecule is CC(=O)[O-].CC(=O)[O-].CC(=O)[O-].CC(=O)[O-].CC(=O)[O-].CC(O)CO.NCCNCCN.[Na+].[Na+].[Na+].[Na+].[Na+]. The molecule has 0 fully saturated rings. The largest absolute Gasteiger partial charge is 1.00 e. The van der Waals surface area contributed by atoms with Crippen molar-refractivity contribution >= 4 is 29.8 Å². The Bertz CT molecular complexity index is 360. The van der Waals surface area contributed by atoms with Gasteiger partial charge in [-0.2, -0.15) is 0 Å². The summed E-state index contributed by atoms with van der Waals surface area (Å²) in [7, 11) is 0. The van der Waals surface area contributed by atoms with E-state index in [1.165, 1.54) is 6.92 Å². The number of hydrogen-bond donors (Lipinski definition) is 5. The van der Waals surface area contributed by atoms with Gasteiger partial charge in [0.25, 0.3) is 0 Å². The molecule has 15 nitrogen and oxygen atoms in total. The van der Waals surface area contributed by atoms with Gasteiger partial charge in [0, 0.05) is 56.0 Å². The van der Waals surface area contributed by atoms with Crippen molar-refractivity contribution in [3.05, 3.63) is 0 Å². The van der Waals surface area contributed by atoms with Crippen molar-refractivity contribution in [2.45, 2.75) is 47.6 Å². The van der Waals surface area contributed by atoms with Crippen molar-refractivity contribution in [1.82, 2.24) is 5.32 Å². The van der Waals surface area contributed by atoms with E-state index in [0.717, 1.165) is 47.7 Å². The molecule has 0 bridgehead atoms. The van der Waals surface area contributed by atoms with Crippen molar-refractivity contribution in [1.29, 1.82) is 0 Å². The van der Waals surface area contributed by atoms with E-state index in [0.29, 0.717) is 13.1 Å². The maximum absolute atomic E-state index is 8.89. The molecule has 0 saturated carbocycles. The molecule has 1 atom stereocenters. The van der Waals surface area contributed by atoms with Crippen LogP contribution < -0.4 is 190 Å². The number of hydrogen-bond acceptors (Lipinski definition) is 15. The summed E-state index contributed by atoms with van der Waals surface area (Å²) in [5, 5.41) is 63.5. The summed E-state index contributed by atoms with van der Waals surface area (Å²) < 4.78 is 0. The van der Waals surface area contributed by atoms with Gasteiger partial charge in [-0.05, 0) is 41.5 Å². The molecule has 0 aliphatic heterocycles. The summed E-state index contributed by atoms with van der Waals surface area (Å²) in [6, 6.07) is 0. The molecule has 0 rings (SSSR count). The fourth-order valence-electron chi connectivity index (χ4n) is 0.329. The summed E-state index contributed by atoms with van der Waals surface area (Å²) in [5.74, 6) is -5.42. The molecule has 0 amide bonds. The van der Waals surface area contributed by atoms with Gasteiger partial charge in [0.05, 0.1) is 12.7 Å². The molecule has 1 unspecified atom stereocenters. The van der Waals surface area contributed by atoms with E-state index in [1.54, 1.807) is 0 Å². The first kappa shape index (κ1) is 77.3. The molecule has 0 aromatic carbocycles. The molecule has 196 valence electrons. The second-order valence-corrected chi connectivity index (χ2v) is 4.82. The van der Waals surface area contributed by atoms with Gasteiger partial charge in [0.2, 0.25) is 0 Å². The predicted molar refractivity (Wildman–Crippen MR) is 103 cm³/mol. The first-order valence-corrected chi connectivity index (χ1v) is 8.62. The van der Waals surface area contributed by atoms with Crippen molar-refractivity contribution in [3.63, 3.8) is 0 Å². The Morgan fingerprint density at radius 3 is 0.784 bits per heavy atom. The molecule has 0 aromatic rings. The van der Waals surface area contributed by atoms with Crippen LogP contribution in [0.3, 0.4) is 0 Å². The van der Waals surface area contributed by atoms with Crippen molar-refractivity contribution in [2.75, 3.05) is 32.8 Å². The molecule has 0 aliphatic rings. The van der Waals surface area contributed by atoms with E-state index in [-0.39, 0.29) is 154 Å². The number of carbonyl (C=O) groups excluding carboxylic acids is 5. The number of carboxylic acid groups (broad SMARTS) is 5. The van der Waals surface area contributed by atoms with E-state index in [2.05, 4.69) is 5.32 Å². The van der Waals surface area contributed by atoms with E-state index in [4.69, 9.17) is 71.2 Å². The van der Waals surface area contributed by atoms with Crippen LogP contribution in [0.2, 0.25) is 0 Å². The average molecular weight is 589 g/mol. The van der Waals surface area contributed by atoms with Crippen LogP contribution in [0.1, 0.15) is 41.5 Å². The molecule has 0 aliphatic carbocycles. The Labute approximate surface area is 329 Å². The minimum atomic E-state index is -1.08. The van der Waals surface area contributed by atoms with E-state index in [1.807, 2.05) is 0 Å². The average Bonchev–Trinajstić information content (AvgIpc) is 2.53. The Morgan fingerprint density at radius 1 is 0.622 bits per heavy atom. The zero-order valence-corrected chi connectivity index (χ0v) is 34.2. The maximum atomic E-state index is 8.89. The first-order valence-electron chi connectivity index (χ1n) is 8.62. The Balaban J connectivity index is -0.0000000195. The number of aliphatic carboxylic acids is 5. The van der Waals surface area contributed by atoms with Gasteiger partial charge in [-0.25, -0.2) is 0 Å². The molecule has 37 heavy (non-hydrogen) atoms. The molecule has 7 N–H and O–H groups in total. The van der Waals surface area contributed by atoms with Gasteiger partial charge in [-0.1, -0.05) is 0 Å². The van der Waals surface area contributed by atoms with Crippen LogP contribution in [0.4, 0.5) is 0 Å². The molecular weight excluding hydrogens is 553 g/mol. The second kappa shape index (κ2) is 77.0. The van der Waals surface area contributed by atoms with Gasteiger partial charge >= 0.3 is 148 Å². The van der Waals surface area contributed by atoms with Crippen LogP contribution in [0, 0.1) is 0 Å². The first-order chi connectivity index (χ1) is 14.3. The normalized spacial score (nSPS) is 7.19. The maximum Gasteiger partial charge on any atom is 1.00 e. The summed E-state index contributed by atoms with van der Waals surface area (Å²) in [5.41, 5.74) is 10.3. The third kappa shape index (κ3) is 751. The number of nitrogens with two attached hydrogens (primary N) is 2. The third-order valence-corrected chi connectivity index (χ3v) is 0.906. The minimum absolute atomic E-state index is 0. The number of carbonyl (C=O) groups is 5. The minimum Gasteiger partial charge on any atom is -0.550 e. The number of carboxylic acids is 5. The molecular formula is C17H36N3Na5O12. The number of rotatable bonds is 5. The second-order valence-electron chi connectivity index (χ2n) is 4.82. The van der Waals surface area contributed by atoms with Crippen LogP contribution in [0.5, 0.6) is 0 Å². The van der Waals surface area contributed by atoms with Crippen LogP contribution in [0.15, 0.2) is 0 Å². The van der Waals surface area contributed by atoms with Gasteiger partial charge in [-0.15, -0.1) is 0 Å². The molecule has 0 aromatic heterocycles. The third-order valence-electron chi connectivity index (χ3n) is 0.906. The summed E-state index contributed by atoms with van der Waals surface area (Å²) in [6.45, 7) is 9.38. The van der Waals surface area contributed by atoms with Crippen LogP contribution in [-0.4, -0.2) is 78.9 Å². The quantitative estimate of drug-likeness (QED) is 0.147. The molecule has 0 saturated heterocycles. The van der Waals surface area contributed by atoms with Crippen LogP contribution in [-0.2, 0) is 24.0 Å². The van der Waals surface area contributed by atoms with Gasteiger partial charge in [0.1, 0.15) is 0 Å². The zero-order chi connectivity index (χ0) is 27.7. The molecule has 0 radical (unpaired) electrons. The van der Waals surface area contributed by atoms with Crippen molar-refractivity contribution in [2.24, 2.45) is 11.5 Å². The molecule has 0 heterocycles. The predicted octanol–water partition coefficient (Wildman–Crippen LogP) is -23.3. The van der Waals surface area contributed by atoms with E-state index < -0.39 is 36.0 Å².